The number of rotatable bonds is 8. The number of sulfone groups is 1. The van der Waals surface area contributed by atoms with Crippen molar-refractivity contribution in [2.24, 2.45) is 0 Å². The minimum Gasteiger partial charge on any atom is -0.345 e. The number of hydrogen-bond donors (Lipinski definition) is 0. The lowest BCUT2D eigenvalue weighted by molar-refractivity contribution is 0.102. The van der Waals surface area contributed by atoms with E-state index in [9.17, 15) is 13.2 Å². The van der Waals surface area contributed by atoms with Crippen molar-refractivity contribution in [3.05, 3.63) is 41.5 Å². The molecule has 7 nitrogen and oxygen atoms in total. The molecule has 1 saturated heterocycles. The molecule has 0 bridgehead atoms. The van der Waals surface area contributed by atoms with Crippen molar-refractivity contribution in [2.75, 3.05) is 17.3 Å². The minimum absolute atomic E-state index is 0.0770. The second-order valence-electron chi connectivity index (χ2n) is 7.94. The van der Waals surface area contributed by atoms with Gasteiger partial charge in [-0.15, -0.1) is 16.8 Å². The molecule has 0 unspecified atom stereocenters. The molecular formula is C20H26N4O3S2. The Labute approximate surface area is 175 Å². The standard InChI is InChI=1S/C20H26N4O3S2/c1-4-8-23-19(15-7-9-29(26,27)12-15)21-22-20(23)28-11-18(25)17-10-13(2)24(14(17)3)16-5-6-16/h4,10,15-16H,1,5-9,11-12H2,2-3H3/t15-/m1/s1. The predicted octanol–water partition coefficient (Wildman–Crippen LogP) is 3.09. The molecule has 1 saturated carbocycles. The Morgan fingerprint density at radius 1 is 1.31 bits per heavy atom. The van der Waals surface area contributed by atoms with Crippen LogP contribution in [-0.4, -0.2) is 50.8 Å². The third kappa shape index (κ3) is 4.07. The van der Waals surface area contributed by atoms with Gasteiger partial charge in [0.15, 0.2) is 20.8 Å². The van der Waals surface area contributed by atoms with E-state index in [-0.39, 0.29) is 29.0 Å². The summed E-state index contributed by atoms with van der Waals surface area (Å²) in [5, 5.41) is 9.15. The van der Waals surface area contributed by atoms with E-state index in [0.29, 0.717) is 30.0 Å². The van der Waals surface area contributed by atoms with Crippen molar-refractivity contribution >= 4 is 27.4 Å². The smallest absolute Gasteiger partial charge is 0.191 e. The fraction of sp³-hybridized carbons (Fsp3) is 0.550. The third-order valence-electron chi connectivity index (χ3n) is 5.68. The second kappa shape index (κ2) is 7.75. The second-order valence-corrected chi connectivity index (χ2v) is 11.1. The molecule has 156 valence electrons. The van der Waals surface area contributed by atoms with Crippen LogP contribution in [0.25, 0.3) is 0 Å². The summed E-state index contributed by atoms with van der Waals surface area (Å²) in [5.41, 5.74) is 2.96. The Morgan fingerprint density at radius 3 is 2.69 bits per heavy atom. The zero-order valence-electron chi connectivity index (χ0n) is 16.8. The van der Waals surface area contributed by atoms with Gasteiger partial charge < -0.3 is 9.13 Å². The lowest BCUT2D eigenvalue weighted by Crippen LogP contribution is -2.12. The molecule has 0 aromatic carbocycles. The molecule has 0 radical (unpaired) electrons. The summed E-state index contributed by atoms with van der Waals surface area (Å²) in [6.45, 7) is 8.35. The van der Waals surface area contributed by atoms with E-state index in [4.69, 9.17) is 0 Å². The Balaban J connectivity index is 1.50. The van der Waals surface area contributed by atoms with Crippen LogP contribution in [0.2, 0.25) is 0 Å². The van der Waals surface area contributed by atoms with Crippen molar-refractivity contribution in [1.82, 2.24) is 19.3 Å². The molecule has 1 aliphatic heterocycles. The first-order valence-electron chi connectivity index (χ1n) is 9.89. The fourth-order valence-electron chi connectivity index (χ4n) is 4.17. The maximum Gasteiger partial charge on any atom is 0.191 e. The number of aromatic nitrogens is 4. The highest BCUT2D eigenvalue weighted by molar-refractivity contribution is 7.99. The highest BCUT2D eigenvalue weighted by Crippen LogP contribution is 2.38. The summed E-state index contributed by atoms with van der Waals surface area (Å²) in [6, 6.07) is 2.53. The van der Waals surface area contributed by atoms with E-state index in [2.05, 4.69) is 28.3 Å². The fourth-order valence-corrected chi connectivity index (χ4v) is 6.75. The van der Waals surface area contributed by atoms with Gasteiger partial charge in [-0.2, -0.15) is 0 Å². The molecule has 4 rings (SSSR count). The number of ketones is 1. The van der Waals surface area contributed by atoms with Gasteiger partial charge in [-0.05, 0) is 39.2 Å². The third-order valence-corrected chi connectivity index (χ3v) is 8.42. The van der Waals surface area contributed by atoms with Gasteiger partial charge in [0, 0.05) is 35.5 Å². The maximum atomic E-state index is 12.9. The average Bonchev–Trinajstić information content (AvgIpc) is 3.21. The Morgan fingerprint density at radius 2 is 2.07 bits per heavy atom. The summed E-state index contributed by atoms with van der Waals surface area (Å²) in [4.78, 5) is 12.9. The summed E-state index contributed by atoms with van der Waals surface area (Å²) < 4.78 is 27.9. The molecule has 9 heteroatoms. The average molecular weight is 435 g/mol. The van der Waals surface area contributed by atoms with Crippen molar-refractivity contribution in [3.8, 4) is 0 Å². The molecule has 0 spiro atoms. The monoisotopic (exact) mass is 434 g/mol. The predicted molar refractivity (Wildman–Crippen MR) is 113 cm³/mol. The van der Waals surface area contributed by atoms with Crippen molar-refractivity contribution < 1.29 is 13.2 Å². The Kier molecular flexibility index (Phi) is 5.46. The summed E-state index contributed by atoms with van der Waals surface area (Å²) in [7, 11) is -3.01. The quantitative estimate of drug-likeness (QED) is 0.360. The van der Waals surface area contributed by atoms with E-state index in [1.807, 2.05) is 17.6 Å². The SMILES string of the molecule is C=CCn1c(SCC(=O)c2cc(C)n(C3CC3)c2C)nnc1[C@@H]1CCS(=O)(=O)C1. The molecule has 1 aliphatic carbocycles. The van der Waals surface area contributed by atoms with Gasteiger partial charge in [0.2, 0.25) is 0 Å². The molecule has 0 N–H and O–H groups in total. The number of Topliss-reactive ketones (excluding diaryl/α,β-unsaturated/α-hetero) is 1. The highest BCUT2D eigenvalue weighted by atomic mass is 32.2. The normalized spacial score (nSPS) is 20.8. The van der Waals surface area contributed by atoms with E-state index < -0.39 is 9.84 Å². The minimum atomic E-state index is -3.01. The molecule has 2 fully saturated rings. The molecule has 1 atom stereocenters. The van der Waals surface area contributed by atoms with Crippen LogP contribution < -0.4 is 0 Å². The first-order chi connectivity index (χ1) is 13.8. The lowest BCUT2D eigenvalue weighted by Gasteiger charge is -2.11. The molecular weight excluding hydrogens is 408 g/mol. The van der Waals surface area contributed by atoms with Crippen LogP contribution in [0.5, 0.6) is 0 Å². The van der Waals surface area contributed by atoms with Crippen LogP contribution in [0, 0.1) is 13.8 Å². The van der Waals surface area contributed by atoms with E-state index in [1.165, 1.54) is 24.6 Å². The van der Waals surface area contributed by atoms with Crippen molar-refractivity contribution in [2.45, 2.75) is 56.8 Å². The van der Waals surface area contributed by atoms with E-state index in [1.54, 1.807) is 6.08 Å². The van der Waals surface area contributed by atoms with Gasteiger partial charge in [-0.1, -0.05) is 17.8 Å². The molecule has 29 heavy (non-hydrogen) atoms. The largest absolute Gasteiger partial charge is 0.345 e. The molecule has 2 aliphatic rings. The van der Waals surface area contributed by atoms with Gasteiger partial charge in [-0.25, -0.2) is 8.42 Å². The van der Waals surface area contributed by atoms with Crippen LogP contribution >= 0.6 is 11.8 Å². The summed E-state index contributed by atoms with van der Waals surface area (Å²) >= 11 is 1.35. The topological polar surface area (TPSA) is 86.8 Å². The molecule has 3 heterocycles. The molecule has 0 amide bonds. The van der Waals surface area contributed by atoms with Crippen LogP contribution in [0.3, 0.4) is 0 Å². The van der Waals surface area contributed by atoms with Gasteiger partial charge in [0.25, 0.3) is 0 Å². The maximum absolute atomic E-state index is 12.9. The Hall–Kier alpha value is -1.87. The number of thioether (sulfide) groups is 1. The number of aryl methyl sites for hydroxylation is 1. The van der Waals surface area contributed by atoms with Crippen molar-refractivity contribution in [3.63, 3.8) is 0 Å². The molecule has 2 aromatic heterocycles. The molecule has 2 aromatic rings. The number of carbonyl (C=O) groups is 1. The van der Waals surface area contributed by atoms with Gasteiger partial charge in [0.05, 0.1) is 17.3 Å². The summed E-state index contributed by atoms with van der Waals surface area (Å²) in [6.07, 6.45) is 4.67. The zero-order valence-corrected chi connectivity index (χ0v) is 18.4. The summed E-state index contributed by atoms with van der Waals surface area (Å²) in [5.74, 6) is 1.18. The first kappa shape index (κ1) is 20.4. The van der Waals surface area contributed by atoms with Gasteiger partial charge >= 0.3 is 0 Å². The highest BCUT2D eigenvalue weighted by Gasteiger charge is 2.33. The van der Waals surface area contributed by atoms with Crippen molar-refractivity contribution in [1.29, 1.82) is 0 Å². The number of nitrogens with zero attached hydrogens (tertiary/aromatic N) is 4. The van der Waals surface area contributed by atoms with Crippen LogP contribution in [0.1, 0.15) is 58.8 Å². The van der Waals surface area contributed by atoms with Crippen LogP contribution in [0.15, 0.2) is 23.9 Å². The number of allylic oxidation sites excluding steroid dienone is 1. The van der Waals surface area contributed by atoms with Gasteiger partial charge in [0.1, 0.15) is 5.82 Å². The van der Waals surface area contributed by atoms with Crippen LogP contribution in [-0.2, 0) is 16.4 Å². The van der Waals surface area contributed by atoms with Crippen LogP contribution in [0.4, 0.5) is 0 Å². The number of hydrogen-bond acceptors (Lipinski definition) is 6. The lowest BCUT2D eigenvalue weighted by atomic mass is 10.1. The number of carbonyl (C=O) groups excluding carboxylic acids is 1. The first-order valence-corrected chi connectivity index (χ1v) is 12.7. The van der Waals surface area contributed by atoms with E-state index in [0.717, 1.165) is 17.0 Å². The zero-order chi connectivity index (χ0) is 20.8. The van der Waals surface area contributed by atoms with E-state index >= 15 is 0 Å². The van der Waals surface area contributed by atoms with Gasteiger partial charge in [-0.3, -0.25) is 4.79 Å². The Bertz CT molecular complexity index is 1060.